The highest BCUT2D eigenvalue weighted by Gasteiger charge is 2.31. The van der Waals surface area contributed by atoms with E-state index in [-0.39, 0.29) is 12.1 Å². The Labute approximate surface area is 163 Å². The Morgan fingerprint density at radius 2 is 2.19 bits per heavy atom. The molecule has 0 aliphatic carbocycles. The summed E-state index contributed by atoms with van der Waals surface area (Å²) < 4.78 is 12.0. The van der Waals surface area contributed by atoms with Crippen LogP contribution in [0, 0.1) is 6.92 Å². The summed E-state index contributed by atoms with van der Waals surface area (Å²) in [6.07, 6.45) is 2.10. The molecule has 8 heteroatoms. The van der Waals surface area contributed by atoms with E-state index in [9.17, 15) is 4.79 Å². The van der Waals surface area contributed by atoms with E-state index in [4.69, 9.17) is 9.47 Å². The zero-order valence-electron chi connectivity index (χ0n) is 15.9. The second-order valence-corrected chi connectivity index (χ2v) is 8.32. The van der Waals surface area contributed by atoms with Gasteiger partial charge in [0.2, 0.25) is 0 Å². The average molecular weight is 391 g/mol. The molecule has 1 aromatic heterocycles. The predicted molar refractivity (Wildman–Crippen MR) is 107 cm³/mol. The van der Waals surface area contributed by atoms with Gasteiger partial charge in [0.25, 0.3) is 0 Å². The van der Waals surface area contributed by atoms with Gasteiger partial charge in [-0.3, -0.25) is 4.90 Å². The van der Waals surface area contributed by atoms with Crippen LogP contribution in [0.5, 0.6) is 5.75 Å². The zero-order chi connectivity index (χ0) is 18.8. The van der Waals surface area contributed by atoms with Crippen LogP contribution in [0.4, 0.5) is 10.5 Å². The summed E-state index contributed by atoms with van der Waals surface area (Å²) in [5.41, 5.74) is 1.61. The Morgan fingerprint density at radius 1 is 1.37 bits per heavy atom. The molecule has 2 aliphatic rings. The lowest BCUT2D eigenvalue weighted by Crippen LogP contribution is -2.47. The molecule has 2 aromatic rings. The molecule has 1 unspecified atom stereocenters. The van der Waals surface area contributed by atoms with Crippen molar-refractivity contribution in [3.63, 3.8) is 0 Å². The predicted octanol–water partition coefficient (Wildman–Crippen LogP) is 2.94. The number of carbonyl (C=O) groups excluding carboxylic acids is 1. The summed E-state index contributed by atoms with van der Waals surface area (Å²) in [6, 6.07) is 4.06. The van der Waals surface area contributed by atoms with Crippen LogP contribution in [-0.2, 0) is 4.74 Å². The summed E-state index contributed by atoms with van der Waals surface area (Å²) in [5.74, 6) is 0.644. The molecular weight excluding hydrogens is 364 g/mol. The molecule has 0 spiro atoms. The second kappa shape index (κ2) is 8.00. The van der Waals surface area contributed by atoms with E-state index in [1.165, 1.54) is 0 Å². The van der Waals surface area contributed by atoms with Crippen LogP contribution in [0.2, 0.25) is 0 Å². The first-order valence-corrected chi connectivity index (χ1v) is 10.3. The number of fused-ring (bicyclic) bond motifs is 1. The first-order valence-electron chi connectivity index (χ1n) is 9.47. The Bertz CT molecular complexity index is 819. The highest BCUT2D eigenvalue weighted by Crippen LogP contribution is 2.33. The summed E-state index contributed by atoms with van der Waals surface area (Å²) >= 11 is 1.62. The Balaban J connectivity index is 1.48. The molecule has 146 valence electrons. The van der Waals surface area contributed by atoms with Crippen LogP contribution >= 0.6 is 11.3 Å². The minimum Gasteiger partial charge on any atom is -0.494 e. The zero-order valence-corrected chi connectivity index (χ0v) is 16.7. The molecule has 0 saturated carbocycles. The third-order valence-corrected chi connectivity index (χ3v) is 6.20. The summed E-state index contributed by atoms with van der Waals surface area (Å²) in [6.45, 7) is 7.15. The van der Waals surface area contributed by atoms with Gasteiger partial charge in [-0.05, 0) is 25.8 Å². The SMILES string of the molecule is COc1cc2nc(C)sc2cc1NC(=O)N1CCCC1CN1CCOCC1. The Hall–Kier alpha value is -1.90. The molecule has 7 nitrogen and oxygen atoms in total. The minimum absolute atomic E-state index is 0.0513. The number of carbonyl (C=O) groups is 1. The number of thiazole rings is 1. The maximum absolute atomic E-state index is 13.0. The van der Waals surface area contributed by atoms with Crippen LogP contribution in [0.1, 0.15) is 17.8 Å². The van der Waals surface area contributed by atoms with Gasteiger partial charge in [-0.25, -0.2) is 9.78 Å². The molecule has 0 radical (unpaired) electrons. The summed E-state index contributed by atoms with van der Waals surface area (Å²) in [4.78, 5) is 21.8. The Kier molecular flexibility index (Phi) is 5.47. The minimum atomic E-state index is -0.0513. The lowest BCUT2D eigenvalue weighted by molar-refractivity contribution is 0.0296. The van der Waals surface area contributed by atoms with Gasteiger partial charge < -0.3 is 19.7 Å². The lowest BCUT2D eigenvalue weighted by Gasteiger charge is -2.33. The molecule has 0 bridgehead atoms. The topological polar surface area (TPSA) is 66.9 Å². The molecule has 2 aliphatic heterocycles. The lowest BCUT2D eigenvalue weighted by atomic mass is 10.2. The van der Waals surface area contributed by atoms with Crippen LogP contribution < -0.4 is 10.1 Å². The van der Waals surface area contributed by atoms with Crippen LogP contribution in [0.15, 0.2) is 12.1 Å². The number of methoxy groups -OCH3 is 1. The van der Waals surface area contributed by atoms with Gasteiger partial charge in [-0.1, -0.05) is 0 Å². The standard InChI is InChI=1S/C19H26N4O3S/c1-13-20-16-10-17(25-2)15(11-18(16)27-13)21-19(24)23-5-3-4-14(23)12-22-6-8-26-9-7-22/h10-11,14H,3-9,12H2,1-2H3,(H,21,24). The number of aromatic nitrogens is 1. The third kappa shape index (κ3) is 4.02. The molecule has 2 saturated heterocycles. The van der Waals surface area contributed by atoms with Crippen molar-refractivity contribution in [2.24, 2.45) is 0 Å². The van der Waals surface area contributed by atoms with Crippen molar-refractivity contribution in [1.29, 1.82) is 0 Å². The van der Waals surface area contributed by atoms with E-state index < -0.39 is 0 Å². The maximum Gasteiger partial charge on any atom is 0.322 e. The number of nitrogens with one attached hydrogen (secondary N) is 1. The molecule has 1 N–H and O–H groups in total. The number of urea groups is 1. The first-order chi connectivity index (χ1) is 13.1. The fraction of sp³-hybridized carbons (Fsp3) is 0.579. The Morgan fingerprint density at radius 3 is 2.96 bits per heavy atom. The molecule has 2 fully saturated rings. The monoisotopic (exact) mass is 390 g/mol. The molecule has 4 rings (SSSR count). The smallest absolute Gasteiger partial charge is 0.322 e. The number of aryl methyl sites for hydroxylation is 1. The van der Waals surface area contributed by atoms with Crippen molar-refractivity contribution in [3.8, 4) is 5.75 Å². The number of ether oxygens (including phenoxy) is 2. The van der Waals surface area contributed by atoms with E-state index in [0.717, 1.165) is 67.5 Å². The maximum atomic E-state index is 13.0. The van der Waals surface area contributed by atoms with E-state index >= 15 is 0 Å². The molecule has 3 heterocycles. The van der Waals surface area contributed by atoms with Gasteiger partial charge in [0, 0.05) is 38.3 Å². The third-order valence-electron chi connectivity index (χ3n) is 5.27. The molecule has 1 aromatic carbocycles. The quantitative estimate of drug-likeness (QED) is 0.869. The molecule has 27 heavy (non-hydrogen) atoms. The fourth-order valence-corrected chi connectivity index (χ4v) is 4.75. The average Bonchev–Trinajstić information content (AvgIpc) is 3.27. The van der Waals surface area contributed by atoms with Crippen LogP contribution in [0.25, 0.3) is 10.2 Å². The van der Waals surface area contributed by atoms with Gasteiger partial charge in [-0.2, -0.15) is 0 Å². The van der Waals surface area contributed by atoms with Crippen molar-refractivity contribution >= 4 is 33.3 Å². The number of amides is 2. The number of hydrogen-bond acceptors (Lipinski definition) is 6. The van der Waals surface area contributed by atoms with E-state index in [2.05, 4.69) is 15.2 Å². The number of likely N-dealkylation sites (tertiary alicyclic amines) is 1. The number of hydrogen-bond donors (Lipinski definition) is 1. The van der Waals surface area contributed by atoms with Gasteiger partial charge in [0.15, 0.2) is 0 Å². The van der Waals surface area contributed by atoms with Crippen molar-refractivity contribution in [2.75, 3.05) is 51.8 Å². The number of rotatable bonds is 4. The van der Waals surface area contributed by atoms with E-state index in [1.807, 2.05) is 24.0 Å². The van der Waals surface area contributed by atoms with E-state index in [0.29, 0.717) is 11.4 Å². The normalized spacial score (nSPS) is 21.0. The van der Waals surface area contributed by atoms with Gasteiger partial charge in [-0.15, -0.1) is 11.3 Å². The van der Waals surface area contributed by atoms with Crippen molar-refractivity contribution in [1.82, 2.24) is 14.8 Å². The van der Waals surface area contributed by atoms with Crippen LogP contribution in [-0.4, -0.2) is 73.4 Å². The fourth-order valence-electron chi connectivity index (χ4n) is 3.90. The number of morpholine rings is 1. The number of benzene rings is 1. The highest BCUT2D eigenvalue weighted by atomic mass is 32.1. The van der Waals surface area contributed by atoms with E-state index in [1.54, 1.807) is 18.4 Å². The second-order valence-electron chi connectivity index (χ2n) is 7.09. The van der Waals surface area contributed by atoms with Crippen molar-refractivity contribution in [2.45, 2.75) is 25.8 Å². The molecular formula is C19H26N4O3S. The highest BCUT2D eigenvalue weighted by molar-refractivity contribution is 7.18. The van der Waals surface area contributed by atoms with Crippen LogP contribution in [0.3, 0.4) is 0 Å². The largest absolute Gasteiger partial charge is 0.494 e. The molecule has 2 amide bonds. The van der Waals surface area contributed by atoms with Crippen molar-refractivity contribution < 1.29 is 14.3 Å². The van der Waals surface area contributed by atoms with Crippen molar-refractivity contribution in [3.05, 3.63) is 17.1 Å². The first kappa shape index (κ1) is 18.5. The van der Waals surface area contributed by atoms with Gasteiger partial charge >= 0.3 is 6.03 Å². The molecule has 1 atom stereocenters. The van der Waals surface area contributed by atoms with Gasteiger partial charge in [0.1, 0.15) is 5.75 Å². The summed E-state index contributed by atoms with van der Waals surface area (Å²) in [7, 11) is 1.62. The van der Waals surface area contributed by atoms with Gasteiger partial charge in [0.05, 0.1) is 41.2 Å². The summed E-state index contributed by atoms with van der Waals surface area (Å²) in [5, 5.41) is 4.07. The number of anilines is 1. The number of nitrogens with zero attached hydrogens (tertiary/aromatic N) is 3.